The summed E-state index contributed by atoms with van der Waals surface area (Å²) in [5, 5.41) is 13.9. The van der Waals surface area contributed by atoms with Crippen LogP contribution in [-0.4, -0.2) is 27.6 Å². The molecule has 0 radical (unpaired) electrons. The molecule has 2 N–H and O–H groups in total. The number of nitrogens with zero attached hydrogens (tertiary/aromatic N) is 1. The Kier molecular flexibility index (Phi) is 6.32. The van der Waals surface area contributed by atoms with Gasteiger partial charge >= 0.3 is 5.97 Å². The van der Waals surface area contributed by atoms with Gasteiger partial charge in [-0.3, -0.25) is 14.2 Å². The van der Waals surface area contributed by atoms with Gasteiger partial charge in [0.15, 0.2) is 0 Å². The smallest absolute Gasteiger partial charge is 0.326 e. The molecule has 1 atom stereocenters. The van der Waals surface area contributed by atoms with Crippen molar-refractivity contribution < 1.29 is 14.7 Å². The van der Waals surface area contributed by atoms with Crippen molar-refractivity contribution in [1.29, 1.82) is 0 Å². The van der Waals surface area contributed by atoms with E-state index in [2.05, 4.69) is 5.32 Å². The van der Waals surface area contributed by atoms with Crippen molar-refractivity contribution in [3.05, 3.63) is 111 Å². The van der Waals surface area contributed by atoms with Crippen molar-refractivity contribution >= 4 is 22.6 Å². The summed E-state index contributed by atoms with van der Waals surface area (Å²) in [4.78, 5) is 37.7. The number of aromatic nitrogens is 1. The molecule has 4 rings (SSSR count). The van der Waals surface area contributed by atoms with Gasteiger partial charge in [-0.25, -0.2) is 4.79 Å². The first-order chi connectivity index (χ1) is 16.3. The number of amides is 1. The molecule has 0 saturated carbocycles. The lowest BCUT2D eigenvalue weighted by molar-refractivity contribution is -0.139. The minimum Gasteiger partial charge on any atom is -0.480 e. The second-order valence-electron chi connectivity index (χ2n) is 8.53. The van der Waals surface area contributed by atoms with Crippen LogP contribution in [-0.2, 0) is 11.2 Å². The Morgan fingerprint density at radius 2 is 1.47 bits per heavy atom. The maximum Gasteiger partial charge on any atom is 0.326 e. The first-order valence-corrected chi connectivity index (χ1v) is 11.1. The predicted molar refractivity (Wildman–Crippen MR) is 133 cm³/mol. The number of carboxylic acid groups (broad SMARTS) is 1. The summed E-state index contributed by atoms with van der Waals surface area (Å²) < 4.78 is 1.60. The van der Waals surface area contributed by atoms with E-state index in [1.54, 1.807) is 28.8 Å². The quantitative estimate of drug-likeness (QED) is 0.454. The molecule has 1 amide bonds. The number of carbonyl (C=O) groups is 2. The molecular formula is C28H26N2O4. The highest BCUT2D eigenvalue weighted by molar-refractivity contribution is 5.99. The fourth-order valence-corrected chi connectivity index (χ4v) is 4.29. The van der Waals surface area contributed by atoms with Gasteiger partial charge in [0.25, 0.3) is 11.5 Å². The van der Waals surface area contributed by atoms with Crippen molar-refractivity contribution in [2.24, 2.45) is 0 Å². The third kappa shape index (κ3) is 4.48. The molecule has 1 unspecified atom stereocenters. The number of rotatable bonds is 6. The largest absolute Gasteiger partial charge is 0.480 e. The van der Waals surface area contributed by atoms with Crippen molar-refractivity contribution in [3.8, 4) is 5.69 Å². The van der Waals surface area contributed by atoms with Gasteiger partial charge in [0.1, 0.15) is 6.04 Å². The zero-order valence-electron chi connectivity index (χ0n) is 19.3. The molecule has 1 aromatic heterocycles. The summed E-state index contributed by atoms with van der Waals surface area (Å²) in [7, 11) is 0. The third-order valence-corrected chi connectivity index (χ3v) is 6.09. The van der Waals surface area contributed by atoms with Gasteiger partial charge in [-0.15, -0.1) is 0 Å². The number of hydrogen-bond donors (Lipinski definition) is 2. The minimum atomic E-state index is -1.11. The van der Waals surface area contributed by atoms with Gasteiger partial charge in [-0.05, 0) is 66.6 Å². The lowest BCUT2D eigenvalue weighted by atomic mass is 10.0. The number of benzene rings is 3. The molecule has 0 fully saturated rings. The van der Waals surface area contributed by atoms with Crippen molar-refractivity contribution in [2.45, 2.75) is 33.2 Å². The summed E-state index contributed by atoms with van der Waals surface area (Å²) in [5.74, 6) is -1.51. The molecular weight excluding hydrogens is 428 g/mol. The normalized spacial score (nSPS) is 11.9. The second-order valence-corrected chi connectivity index (χ2v) is 8.53. The maximum absolute atomic E-state index is 13.0. The number of hydrogen-bond acceptors (Lipinski definition) is 3. The summed E-state index contributed by atoms with van der Waals surface area (Å²) >= 11 is 0. The molecule has 172 valence electrons. The zero-order chi connectivity index (χ0) is 24.4. The first-order valence-electron chi connectivity index (χ1n) is 11.1. The monoisotopic (exact) mass is 454 g/mol. The Hall–Kier alpha value is -4.19. The number of nitrogens with one attached hydrogen (secondary N) is 1. The number of fused-ring (bicyclic) bond motifs is 1. The number of carboxylic acids is 1. The van der Waals surface area contributed by atoms with Gasteiger partial charge in [-0.2, -0.15) is 0 Å². The van der Waals surface area contributed by atoms with Crippen molar-refractivity contribution in [2.75, 3.05) is 0 Å². The molecule has 0 spiro atoms. The van der Waals surface area contributed by atoms with Crippen LogP contribution < -0.4 is 10.9 Å². The lowest BCUT2D eigenvalue weighted by Gasteiger charge is -2.17. The van der Waals surface area contributed by atoms with Crippen LogP contribution in [0.2, 0.25) is 0 Å². The number of carbonyl (C=O) groups excluding carboxylic acids is 1. The Morgan fingerprint density at radius 3 is 2.09 bits per heavy atom. The molecule has 1 heterocycles. The molecule has 0 aliphatic heterocycles. The average molecular weight is 455 g/mol. The zero-order valence-corrected chi connectivity index (χ0v) is 19.3. The summed E-state index contributed by atoms with van der Waals surface area (Å²) in [6.07, 6.45) is 1.93. The van der Waals surface area contributed by atoms with Crippen LogP contribution in [0.1, 0.15) is 32.6 Å². The summed E-state index contributed by atoms with van der Waals surface area (Å²) in [6, 6.07) is 19.1. The van der Waals surface area contributed by atoms with Crippen LogP contribution in [0.25, 0.3) is 16.5 Å². The summed E-state index contributed by atoms with van der Waals surface area (Å²) in [6.45, 7) is 5.61. The standard InChI is InChI=1S/C28H26N2O4/c1-17-7-6-8-18(2)25(17)26(31)29-24(28(33)34)15-20-11-13-21(14-12-20)30-16-19(3)22-9-4-5-10-23(22)27(30)32/h4-14,16,24H,15H2,1-3H3,(H,29,31)(H,33,34). The Labute approximate surface area is 197 Å². The molecule has 0 aliphatic rings. The second kappa shape index (κ2) is 9.35. The van der Waals surface area contributed by atoms with E-state index >= 15 is 0 Å². The van der Waals surface area contributed by atoms with Crippen LogP contribution in [0.3, 0.4) is 0 Å². The van der Waals surface area contributed by atoms with Gasteiger partial charge in [0.2, 0.25) is 0 Å². The molecule has 34 heavy (non-hydrogen) atoms. The molecule has 3 aromatic carbocycles. The highest BCUT2D eigenvalue weighted by Crippen LogP contribution is 2.18. The van der Waals surface area contributed by atoms with E-state index in [1.807, 2.05) is 69.4 Å². The first kappa shape index (κ1) is 23.0. The molecule has 0 aliphatic carbocycles. The lowest BCUT2D eigenvalue weighted by Crippen LogP contribution is -2.42. The highest BCUT2D eigenvalue weighted by Gasteiger charge is 2.23. The van der Waals surface area contributed by atoms with E-state index in [1.165, 1.54) is 0 Å². The van der Waals surface area contributed by atoms with Gasteiger partial charge in [-0.1, -0.05) is 48.5 Å². The number of pyridine rings is 1. The molecule has 4 aromatic rings. The Bertz CT molecular complexity index is 1430. The van der Waals surface area contributed by atoms with Crippen molar-refractivity contribution in [1.82, 2.24) is 9.88 Å². The predicted octanol–water partition coefficient (Wildman–Crippen LogP) is 4.34. The van der Waals surface area contributed by atoms with Crippen molar-refractivity contribution in [3.63, 3.8) is 0 Å². The van der Waals surface area contributed by atoms with E-state index in [9.17, 15) is 19.5 Å². The Balaban J connectivity index is 1.57. The number of aliphatic carboxylic acids is 1. The topological polar surface area (TPSA) is 88.4 Å². The van der Waals surface area contributed by atoms with E-state index in [-0.39, 0.29) is 12.0 Å². The molecule has 6 heteroatoms. The van der Waals surface area contributed by atoms with Crippen LogP contribution >= 0.6 is 0 Å². The molecule has 0 bridgehead atoms. The van der Waals surface area contributed by atoms with Gasteiger partial charge < -0.3 is 10.4 Å². The van der Waals surface area contributed by atoms with E-state index in [0.717, 1.165) is 27.6 Å². The fraction of sp³-hybridized carbons (Fsp3) is 0.179. The SMILES string of the molecule is Cc1cccc(C)c1C(=O)NC(Cc1ccc(-n2cc(C)c3ccccc3c2=O)cc1)C(=O)O. The van der Waals surface area contributed by atoms with Crippen LogP contribution in [0.5, 0.6) is 0 Å². The van der Waals surface area contributed by atoms with Crippen LogP contribution in [0, 0.1) is 20.8 Å². The van der Waals surface area contributed by atoms with Gasteiger partial charge in [0, 0.05) is 29.3 Å². The highest BCUT2D eigenvalue weighted by atomic mass is 16.4. The van der Waals surface area contributed by atoms with E-state index in [4.69, 9.17) is 0 Å². The minimum absolute atomic E-state index is 0.113. The molecule has 6 nitrogen and oxygen atoms in total. The Morgan fingerprint density at radius 1 is 0.853 bits per heavy atom. The summed E-state index contributed by atoms with van der Waals surface area (Å²) in [5.41, 5.74) is 4.38. The number of aryl methyl sites for hydroxylation is 3. The third-order valence-electron chi connectivity index (χ3n) is 6.09. The van der Waals surface area contributed by atoms with Crippen LogP contribution in [0.15, 0.2) is 77.7 Å². The van der Waals surface area contributed by atoms with E-state index < -0.39 is 17.9 Å². The fourth-order valence-electron chi connectivity index (χ4n) is 4.29. The van der Waals surface area contributed by atoms with Gasteiger partial charge in [0.05, 0.1) is 0 Å². The maximum atomic E-state index is 13.0. The van der Waals surface area contributed by atoms with Crippen LogP contribution in [0.4, 0.5) is 0 Å². The van der Waals surface area contributed by atoms with E-state index in [0.29, 0.717) is 16.6 Å². The average Bonchev–Trinajstić information content (AvgIpc) is 2.81. The molecule has 0 saturated heterocycles.